The molecule has 1 N–H and O–H groups in total. The van der Waals surface area contributed by atoms with Gasteiger partial charge in [0, 0.05) is 18.8 Å². The summed E-state index contributed by atoms with van der Waals surface area (Å²) in [4.78, 5) is 16.4. The molecule has 0 unspecified atom stereocenters. The molecule has 0 saturated carbocycles. The van der Waals surface area contributed by atoms with Crippen LogP contribution in [0.3, 0.4) is 0 Å². The minimum absolute atomic E-state index is 0.404. The molecule has 0 spiro atoms. The number of hydrogen-bond acceptors (Lipinski definition) is 4. The lowest BCUT2D eigenvalue weighted by atomic mass is 10.2. The molecular formula is C13H17N3O3. The summed E-state index contributed by atoms with van der Waals surface area (Å²) in [6, 6.07) is 8.44. The van der Waals surface area contributed by atoms with Crippen LogP contribution in [0.4, 0.5) is 10.5 Å². The van der Waals surface area contributed by atoms with Crippen LogP contribution in [0.2, 0.25) is 0 Å². The summed E-state index contributed by atoms with van der Waals surface area (Å²) in [5, 5.41) is 12.6. The van der Waals surface area contributed by atoms with Crippen LogP contribution >= 0.6 is 0 Å². The van der Waals surface area contributed by atoms with Gasteiger partial charge in [-0.25, -0.2) is 9.86 Å². The number of urea groups is 1. The quantitative estimate of drug-likeness (QED) is 0.846. The van der Waals surface area contributed by atoms with Gasteiger partial charge in [-0.15, -0.1) is 0 Å². The minimum atomic E-state index is -0.925. The fourth-order valence-electron chi connectivity index (χ4n) is 1.24. The topological polar surface area (TPSA) is 74.6 Å². The normalized spacial score (nSPS) is 10.5. The van der Waals surface area contributed by atoms with Crippen LogP contribution < -0.4 is 10.1 Å². The van der Waals surface area contributed by atoms with Gasteiger partial charge in [-0.1, -0.05) is 6.07 Å². The minimum Gasteiger partial charge on any atom is -0.473 e. The third kappa shape index (κ3) is 4.48. The van der Waals surface area contributed by atoms with Crippen LogP contribution in [0.1, 0.15) is 13.8 Å². The lowest BCUT2D eigenvalue weighted by Gasteiger charge is -2.19. The van der Waals surface area contributed by atoms with E-state index in [1.54, 1.807) is 38.1 Å². The molecule has 19 heavy (non-hydrogen) atoms. The first kappa shape index (κ1) is 14.8. The molecule has 1 rings (SSSR count). The predicted molar refractivity (Wildman–Crippen MR) is 70.6 cm³/mol. The number of nitrogens with one attached hydrogen (secondary N) is 1. The molecule has 6 nitrogen and oxygen atoms in total. The Balaban J connectivity index is 2.78. The molecule has 0 aliphatic heterocycles. The van der Waals surface area contributed by atoms with E-state index in [0.717, 1.165) is 5.06 Å². The van der Waals surface area contributed by atoms with Crippen molar-refractivity contribution in [1.82, 2.24) is 5.06 Å². The van der Waals surface area contributed by atoms with E-state index in [0.29, 0.717) is 11.4 Å². The number of hydrogen-bond donors (Lipinski definition) is 1. The largest absolute Gasteiger partial charge is 0.473 e. The fourth-order valence-corrected chi connectivity index (χ4v) is 1.24. The smallest absolute Gasteiger partial charge is 0.345 e. The van der Waals surface area contributed by atoms with Crippen molar-refractivity contribution in [2.24, 2.45) is 0 Å². The standard InChI is InChI=1S/C13H17N3O3/c1-13(2,9-14)19-11-7-5-6-10(8-11)15-12(17)16(3)18-4/h5-8H,1-4H3,(H,15,17). The summed E-state index contributed by atoms with van der Waals surface area (Å²) < 4.78 is 5.50. The van der Waals surface area contributed by atoms with Crippen LogP contribution in [0.5, 0.6) is 5.75 Å². The Kier molecular flexibility index (Phi) is 4.73. The molecular weight excluding hydrogens is 246 g/mol. The summed E-state index contributed by atoms with van der Waals surface area (Å²) in [7, 11) is 2.89. The Hall–Kier alpha value is -2.26. The summed E-state index contributed by atoms with van der Waals surface area (Å²) >= 11 is 0. The van der Waals surface area contributed by atoms with Crippen molar-refractivity contribution in [3.05, 3.63) is 24.3 Å². The van der Waals surface area contributed by atoms with Crippen molar-refractivity contribution in [3.8, 4) is 11.8 Å². The summed E-state index contributed by atoms with van der Waals surface area (Å²) in [6.45, 7) is 3.33. The molecule has 0 bridgehead atoms. The molecule has 1 aromatic rings. The molecule has 0 atom stereocenters. The van der Waals surface area contributed by atoms with Crippen molar-refractivity contribution < 1.29 is 14.4 Å². The molecule has 0 saturated heterocycles. The van der Waals surface area contributed by atoms with Crippen molar-refractivity contribution in [3.63, 3.8) is 0 Å². The second-order valence-corrected chi connectivity index (χ2v) is 4.36. The first-order chi connectivity index (χ1) is 8.88. The molecule has 0 fully saturated rings. The number of nitrogens with zero attached hydrogens (tertiary/aromatic N) is 2. The number of hydroxylamine groups is 2. The summed E-state index contributed by atoms with van der Waals surface area (Å²) in [5.41, 5.74) is -0.369. The van der Waals surface area contributed by atoms with E-state index in [9.17, 15) is 4.79 Å². The summed E-state index contributed by atoms with van der Waals surface area (Å²) in [6.07, 6.45) is 0. The van der Waals surface area contributed by atoms with Crippen molar-refractivity contribution in [2.45, 2.75) is 19.4 Å². The van der Waals surface area contributed by atoms with E-state index in [1.165, 1.54) is 14.2 Å². The predicted octanol–water partition coefficient (Wildman–Crippen LogP) is 2.39. The third-order valence-corrected chi connectivity index (χ3v) is 2.29. The first-order valence-corrected chi connectivity index (χ1v) is 5.67. The molecule has 0 aromatic heterocycles. The van der Waals surface area contributed by atoms with Crippen molar-refractivity contribution in [2.75, 3.05) is 19.5 Å². The number of nitriles is 1. The highest BCUT2D eigenvalue weighted by atomic mass is 16.7. The SMILES string of the molecule is CON(C)C(=O)Nc1cccc(OC(C)(C)C#N)c1. The number of carbonyl (C=O) groups excluding carboxylic acids is 1. The van der Waals surface area contributed by atoms with E-state index in [1.807, 2.05) is 6.07 Å². The second-order valence-electron chi connectivity index (χ2n) is 4.36. The van der Waals surface area contributed by atoms with Crippen LogP contribution in [0.15, 0.2) is 24.3 Å². The van der Waals surface area contributed by atoms with Crippen LogP contribution in [-0.4, -0.2) is 30.9 Å². The van der Waals surface area contributed by atoms with Gasteiger partial charge in [-0.3, -0.25) is 4.84 Å². The Morgan fingerprint density at radius 2 is 2.16 bits per heavy atom. The lowest BCUT2D eigenvalue weighted by molar-refractivity contribution is -0.0598. The lowest BCUT2D eigenvalue weighted by Crippen LogP contribution is -2.30. The number of rotatable bonds is 4. The molecule has 102 valence electrons. The molecule has 0 aliphatic carbocycles. The number of carbonyl (C=O) groups is 1. The van der Waals surface area contributed by atoms with Gasteiger partial charge in [0.1, 0.15) is 11.8 Å². The highest BCUT2D eigenvalue weighted by molar-refractivity contribution is 5.88. The third-order valence-electron chi connectivity index (χ3n) is 2.29. The average Bonchev–Trinajstić information content (AvgIpc) is 2.37. The Morgan fingerprint density at radius 1 is 1.47 bits per heavy atom. The van der Waals surface area contributed by atoms with Gasteiger partial charge in [0.2, 0.25) is 0 Å². The number of anilines is 1. The van der Waals surface area contributed by atoms with Crippen LogP contribution in [-0.2, 0) is 4.84 Å². The number of ether oxygens (including phenoxy) is 1. The summed E-state index contributed by atoms with van der Waals surface area (Å²) in [5.74, 6) is 0.504. The van der Waals surface area contributed by atoms with Gasteiger partial charge < -0.3 is 10.1 Å². The Labute approximate surface area is 112 Å². The van der Waals surface area contributed by atoms with Crippen LogP contribution in [0.25, 0.3) is 0 Å². The molecule has 0 radical (unpaired) electrons. The zero-order valence-corrected chi connectivity index (χ0v) is 11.4. The van der Waals surface area contributed by atoms with Crippen LogP contribution in [0, 0.1) is 11.3 Å². The van der Waals surface area contributed by atoms with Gasteiger partial charge in [-0.05, 0) is 26.0 Å². The highest BCUT2D eigenvalue weighted by Crippen LogP contribution is 2.22. The monoisotopic (exact) mass is 263 g/mol. The maximum absolute atomic E-state index is 11.6. The maximum Gasteiger partial charge on any atom is 0.345 e. The van der Waals surface area contributed by atoms with E-state index in [2.05, 4.69) is 5.32 Å². The van der Waals surface area contributed by atoms with E-state index >= 15 is 0 Å². The Morgan fingerprint density at radius 3 is 2.74 bits per heavy atom. The number of amides is 2. The second kappa shape index (κ2) is 6.07. The maximum atomic E-state index is 11.6. The van der Waals surface area contributed by atoms with Crippen molar-refractivity contribution >= 4 is 11.7 Å². The van der Waals surface area contributed by atoms with Crippen molar-refractivity contribution in [1.29, 1.82) is 5.26 Å². The molecule has 0 aliphatic rings. The molecule has 0 heterocycles. The van der Waals surface area contributed by atoms with Gasteiger partial charge in [0.15, 0.2) is 5.60 Å². The van der Waals surface area contributed by atoms with E-state index in [4.69, 9.17) is 14.8 Å². The first-order valence-electron chi connectivity index (χ1n) is 5.67. The van der Waals surface area contributed by atoms with Gasteiger partial charge >= 0.3 is 6.03 Å². The highest BCUT2D eigenvalue weighted by Gasteiger charge is 2.18. The van der Waals surface area contributed by atoms with Gasteiger partial charge in [0.25, 0.3) is 0 Å². The van der Waals surface area contributed by atoms with E-state index in [-0.39, 0.29) is 0 Å². The number of benzene rings is 1. The average molecular weight is 263 g/mol. The van der Waals surface area contributed by atoms with Gasteiger partial charge in [-0.2, -0.15) is 5.26 Å². The zero-order valence-electron chi connectivity index (χ0n) is 11.4. The fraction of sp³-hybridized carbons (Fsp3) is 0.385. The zero-order chi connectivity index (χ0) is 14.5. The van der Waals surface area contributed by atoms with Gasteiger partial charge in [0.05, 0.1) is 7.11 Å². The molecule has 6 heteroatoms. The Bertz CT molecular complexity index is 494. The molecule has 2 amide bonds. The molecule has 1 aromatic carbocycles. The van der Waals surface area contributed by atoms with E-state index < -0.39 is 11.6 Å².